The number of ether oxygens (including phenoxy) is 1. The Kier molecular flexibility index (Phi) is 3.77. The summed E-state index contributed by atoms with van der Waals surface area (Å²) in [4.78, 5) is 4.55. The summed E-state index contributed by atoms with van der Waals surface area (Å²) in [5.74, 6) is 1.38. The summed E-state index contributed by atoms with van der Waals surface area (Å²) < 4.78 is 29.7. The van der Waals surface area contributed by atoms with Gasteiger partial charge in [-0.3, -0.25) is 5.10 Å². The van der Waals surface area contributed by atoms with Crippen LogP contribution in [0.15, 0.2) is 29.2 Å². The van der Waals surface area contributed by atoms with Gasteiger partial charge in [-0.25, -0.2) is 13.4 Å². The van der Waals surface area contributed by atoms with Crippen LogP contribution >= 0.6 is 0 Å². The van der Waals surface area contributed by atoms with Crippen molar-refractivity contribution in [1.82, 2.24) is 15.2 Å². The molecular weight excluding hydrogens is 290 g/mol. The molecule has 0 saturated heterocycles. The first-order valence-electron chi connectivity index (χ1n) is 6.80. The maximum Gasteiger partial charge on any atom is 0.185 e. The van der Waals surface area contributed by atoms with Gasteiger partial charge in [0.15, 0.2) is 15.7 Å². The third-order valence-corrected chi connectivity index (χ3v) is 5.06. The van der Waals surface area contributed by atoms with Gasteiger partial charge in [-0.15, -0.1) is 0 Å². The Morgan fingerprint density at radius 2 is 2.00 bits per heavy atom. The number of H-pyrrole nitrogens is 1. The number of aromatic amines is 1. The van der Waals surface area contributed by atoms with Gasteiger partial charge in [0.2, 0.25) is 0 Å². The molecule has 6 nitrogen and oxygen atoms in total. The van der Waals surface area contributed by atoms with Crippen molar-refractivity contribution in [2.24, 2.45) is 0 Å². The lowest BCUT2D eigenvalue weighted by Gasteiger charge is -2.04. The van der Waals surface area contributed by atoms with Gasteiger partial charge in [-0.1, -0.05) is 12.1 Å². The fraction of sp³-hybridized carbons (Fsp3) is 0.429. The molecule has 0 bridgehead atoms. The lowest BCUT2D eigenvalue weighted by molar-refractivity contribution is 0.185. The molecule has 1 fully saturated rings. The van der Waals surface area contributed by atoms with Crippen molar-refractivity contribution < 1.29 is 13.2 Å². The van der Waals surface area contributed by atoms with Crippen molar-refractivity contribution in [2.45, 2.75) is 36.0 Å². The summed E-state index contributed by atoms with van der Waals surface area (Å²) in [5.41, 5.74) is 0.937. The van der Waals surface area contributed by atoms with Gasteiger partial charge in [0.05, 0.1) is 11.5 Å². The first-order chi connectivity index (χ1) is 10.1. The number of nitrogens with zero attached hydrogens (tertiary/aromatic N) is 2. The maximum atomic E-state index is 12.3. The van der Waals surface area contributed by atoms with Crippen LogP contribution in [-0.4, -0.2) is 30.7 Å². The summed E-state index contributed by atoms with van der Waals surface area (Å²) in [6.07, 6.45) is 2.18. The zero-order chi connectivity index (χ0) is 14.9. The van der Waals surface area contributed by atoms with Crippen LogP contribution in [0, 0.1) is 0 Å². The van der Waals surface area contributed by atoms with Crippen LogP contribution in [0.3, 0.4) is 0 Å². The maximum absolute atomic E-state index is 12.3. The molecule has 1 saturated carbocycles. The SMILES string of the molecule is COCc1ccc(S(=O)(=O)Cc2nc(C3CC3)n[nH]2)cc1. The minimum atomic E-state index is -3.41. The van der Waals surface area contributed by atoms with E-state index in [1.54, 1.807) is 31.4 Å². The standard InChI is InChI=1S/C14H17N3O3S/c1-20-8-10-2-6-12(7-3-10)21(18,19)9-13-15-14(17-16-13)11-4-5-11/h2-3,6-7,11H,4-5,8-9H2,1H3,(H,15,16,17). The van der Waals surface area contributed by atoms with E-state index in [1.165, 1.54) is 0 Å². The minimum absolute atomic E-state index is 0.156. The number of nitrogens with one attached hydrogen (secondary N) is 1. The third kappa shape index (κ3) is 3.30. The highest BCUT2D eigenvalue weighted by molar-refractivity contribution is 7.90. The van der Waals surface area contributed by atoms with Crippen molar-refractivity contribution >= 4 is 9.84 Å². The molecule has 1 aliphatic carbocycles. The predicted octanol–water partition coefficient (Wildman–Crippen LogP) is 1.80. The van der Waals surface area contributed by atoms with Crippen molar-refractivity contribution in [3.8, 4) is 0 Å². The van der Waals surface area contributed by atoms with E-state index in [2.05, 4.69) is 15.2 Å². The topological polar surface area (TPSA) is 84.9 Å². The highest BCUT2D eigenvalue weighted by Crippen LogP contribution is 2.37. The number of rotatable bonds is 6. The van der Waals surface area contributed by atoms with Gasteiger partial charge in [-0.05, 0) is 30.5 Å². The molecule has 1 aromatic heterocycles. The van der Waals surface area contributed by atoms with E-state index in [1.807, 2.05) is 0 Å². The Morgan fingerprint density at radius 3 is 2.62 bits per heavy atom. The van der Waals surface area contributed by atoms with E-state index in [0.29, 0.717) is 18.3 Å². The Balaban J connectivity index is 1.75. The number of hydrogen-bond donors (Lipinski definition) is 1. The van der Waals surface area contributed by atoms with Crippen LogP contribution < -0.4 is 0 Å². The molecule has 3 rings (SSSR count). The summed E-state index contributed by atoms with van der Waals surface area (Å²) in [7, 11) is -1.81. The summed E-state index contributed by atoms with van der Waals surface area (Å²) >= 11 is 0. The van der Waals surface area contributed by atoms with E-state index in [4.69, 9.17) is 4.74 Å². The number of benzene rings is 1. The molecule has 0 atom stereocenters. The number of aromatic nitrogens is 3. The van der Waals surface area contributed by atoms with Gasteiger partial charge in [-0.2, -0.15) is 5.10 Å². The van der Waals surface area contributed by atoms with Crippen LogP contribution in [0.25, 0.3) is 0 Å². The largest absolute Gasteiger partial charge is 0.380 e. The molecule has 21 heavy (non-hydrogen) atoms. The van der Waals surface area contributed by atoms with Gasteiger partial charge in [0.25, 0.3) is 0 Å². The average Bonchev–Trinajstić information content (AvgIpc) is 3.21. The van der Waals surface area contributed by atoms with E-state index in [0.717, 1.165) is 24.2 Å². The molecule has 0 unspecified atom stereocenters. The lowest BCUT2D eigenvalue weighted by Crippen LogP contribution is -2.06. The van der Waals surface area contributed by atoms with E-state index < -0.39 is 9.84 Å². The first kappa shape index (κ1) is 14.2. The second-order valence-corrected chi connectivity index (χ2v) is 7.24. The normalized spacial score (nSPS) is 15.3. The van der Waals surface area contributed by atoms with E-state index >= 15 is 0 Å². The van der Waals surface area contributed by atoms with Crippen molar-refractivity contribution in [2.75, 3.05) is 7.11 Å². The molecule has 1 N–H and O–H groups in total. The molecular formula is C14H17N3O3S. The number of hydrogen-bond acceptors (Lipinski definition) is 5. The average molecular weight is 307 g/mol. The molecule has 0 spiro atoms. The fourth-order valence-electron chi connectivity index (χ4n) is 2.12. The molecule has 0 aliphatic heterocycles. The highest BCUT2D eigenvalue weighted by Gasteiger charge is 2.28. The summed E-state index contributed by atoms with van der Waals surface area (Å²) in [6.45, 7) is 0.465. The molecule has 0 radical (unpaired) electrons. The van der Waals surface area contributed by atoms with E-state index in [-0.39, 0.29) is 10.6 Å². The van der Waals surface area contributed by atoms with Crippen LogP contribution in [0.5, 0.6) is 0 Å². The van der Waals surface area contributed by atoms with Crippen LogP contribution in [-0.2, 0) is 26.9 Å². The molecule has 2 aromatic rings. The lowest BCUT2D eigenvalue weighted by atomic mass is 10.2. The second-order valence-electron chi connectivity index (χ2n) is 5.25. The molecule has 1 heterocycles. The number of sulfone groups is 1. The smallest absolute Gasteiger partial charge is 0.185 e. The minimum Gasteiger partial charge on any atom is -0.380 e. The van der Waals surface area contributed by atoms with Crippen LogP contribution in [0.2, 0.25) is 0 Å². The summed E-state index contributed by atoms with van der Waals surface area (Å²) in [5, 5.41) is 6.80. The highest BCUT2D eigenvalue weighted by atomic mass is 32.2. The van der Waals surface area contributed by atoms with Gasteiger partial charge >= 0.3 is 0 Å². The zero-order valence-electron chi connectivity index (χ0n) is 11.7. The Bertz CT molecular complexity index is 718. The fourth-order valence-corrected chi connectivity index (χ4v) is 3.33. The Hall–Kier alpha value is -1.73. The molecule has 7 heteroatoms. The van der Waals surface area contributed by atoms with Gasteiger partial charge in [0, 0.05) is 13.0 Å². The molecule has 1 aromatic carbocycles. The second kappa shape index (κ2) is 5.57. The molecule has 112 valence electrons. The van der Waals surface area contributed by atoms with Crippen molar-refractivity contribution in [3.63, 3.8) is 0 Å². The van der Waals surface area contributed by atoms with E-state index in [9.17, 15) is 8.42 Å². The molecule has 1 aliphatic rings. The quantitative estimate of drug-likeness (QED) is 0.879. The first-order valence-corrected chi connectivity index (χ1v) is 8.45. The zero-order valence-corrected chi connectivity index (χ0v) is 12.6. The van der Waals surface area contributed by atoms with Gasteiger partial charge in [0.1, 0.15) is 11.6 Å². The third-order valence-electron chi connectivity index (χ3n) is 3.41. The Labute approximate surface area is 123 Å². The van der Waals surface area contributed by atoms with Gasteiger partial charge < -0.3 is 4.74 Å². The monoisotopic (exact) mass is 307 g/mol. The van der Waals surface area contributed by atoms with Crippen LogP contribution in [0.4, 0.5) is 0 Å². The molecule has 0 amide bonds. The van der Waals surface area contributed by atoms with Crippen molar-refractivity contribution in [3.05, 3.63) is 41.5 Å². The predicted molar refractivity (Wildman–Crippen MR) is 76.4 cm³/mol. The van der Waals surface area contributed by atoms with Crippen LogP contribution in [0.1, 0.15) is 36.0 Å². The summed E-state index contributed by atoms with van der Waals surface area (Å²) in [6, 6.07) is 6.71. The number of methoxy groups -OCH3 is 1. The van der Waals surface area contributed by atoms with Crippen molar-refractivity contribution in [1.29, 1.82) is 0 Å². The Morgan fingerprint density at radius 1 is 1.29 bits per heavy atom.